The first-order valence-electron chi connectivity index (χ1n) is 12.5. The molecule has 1 aromatic carbocycles. The lowest BCUT2D eigenvalue weighted by Gasteiger charge is -2.32. The number of alkyl carbamates (subject to hydrolysis) is 1. The van der Waals surface area contributed by atoms with Crippen LogP contribution in [-0.4, -0.2) is 64.9 Å². The fourth-order valence-corrected chi connectivity index (χ4v) is 4.69. The summed E-state index contributed by atoms with van der Waals surface area (Å²) in [6, 6.07) is 5.12. The largest absolute Gasteiger partial charge is 0.494 e. The zero-order chi connectivity index (χ0) is 25.5. The van der Waals surface area contributed by atoms with Crippen molar-refractivity contribution >= 4 is 35.6 Å². The van der Waals surface area contributed by atoms with Gasteiger partial charge in [0.05, 0.1) is 35.4 Å². The van der Waals surface area contributed by atoms with Crippen LogP contribution in [0.25, 0.3) is 11.0 Å². The molecule has 1 unspecified atom stereocenters. The summed E-state index contributed by atoms with van der Waals surface area (Å²) in [6.45, 7) is 12.7. The quantitative estimate of drug-likeness (QED) is 0.610. The van der Waals surface area contributed by atoms with E-state index < -0.39 is 30.5 Å². The third-order valence-corrected chi connectivity index (χ3v) is 7.84. The second-order valence-corrected chi connectivity index (χ2v) is 10.7. The van der Waals surface area contributed by atoms with E-state index in [1.54, 1.807) is 0 Å². The summed E-state index contributed by atoms with van der Waals surface area (Å²) < 4.78 is 17.2. The molecular weight excluding hydrogens is 447 g/mol. The first-order chi connectivity index (χ1) is 16.5. The van der Waals surface area contributed by atoms with E-state index in [-0.39, 0.29) is 17.9 Å². The zero-order valence-corrected chi connectivity index (χ0v) is 21.8. The lowest BCUT2D eigenvalue weighted by Crippen LogP contribution is -2.51. The average molecular weight is 484 g/mol. The average Bonchev–Trinajstić information content (AvgIpc) is 3.51. The number of hydrogen-bond acceptors (Lipinski definition) is 6. The summed E-state index contributed by atoms with van der Waals surface area (Å²) in [5.41, 5.74) is 1.79. The number of fused-ring (bicyclic) bond motifs is 1. The van der Waals surface area contributed by atoms with Crippen LogP contribution >= 0.6 is 0 Å². The number of nitrogens with zero attached hydrogens (tertiary/aromatic N) is 2. The molecule has 2 aromatic rings. The van der Waals surface area contributed by atoms with Gasteiger partial charge in [-0.1, -0.05) is 26.3 Å². The molecule has 35 heavy (non-hydrogen) atoms. The molecule has 0 saturated carbocycles. The van der Waals surface area contributed by atoms with Gasteiger partial charge in [-0.3, -0.25) is 4.79 Å². The van der Waals surface area contributed by atoms with Crippen LogP contribution in [0.5, 0.6) is 0 Å². The Kier molecular flexibility index (Phi) is 6.90. The minimum atomic E-state index is -0.646. The highest BCUT2D eigenvalue weighted by Gasteiger charge is 2.51. The molecule has 10 heteroatoms. The van der Waals surface area contributed by atoms with Crippen molar-refractivity contribution in [3.8, 4) is 0 Å². The molecule has 2 saturated heterocycles. The topological polar surface area (TPSA) is 106 Å². The van der Waals surface area contributed by atoms with E-state index in [0.29, 0.717) is 6.54 Å². The monoisotopic (exact) mass is 484 g/mol. The van der Waals surface area contributed by atoms with Crippen molar-refractivity contribution in [2.24, 2.45) is 5.92 Å². The molecule has 2 amide bonds. The van der Waals surface area contributed by atoms with Crippen LogP contribution in [0.4, 0.5) is 4.79 Å². The van der Waals surface area contributed by atoms with Crippen molar-refractivity contribution in [2.45, 2.75) is 84.1 Å². The van der Waals surface area contributed by atoms with Crippen LogP contribution in [-0.2, 0) is 18.8 Å². The molecule has 0 spiro atoms. The molecule has 9 nitrogen and oxygen atoms in total. The Labute approximate surface area is 207 Å². The number of H-pyrrole nitrogens is 1. The second kappa shape index (κ2) is 9.46. The Bertz CT molecular complexity index is 1080. The molecule has 0 radical (unpaired) electrons. The fraction of sp³-hybridized carbons (Fsp3) is 0.640. The molecule has 2 N–H and O–H groups in total. The number of ether oxygens (including phenoxy) is 1. The van der Waals surface area contributed by atoms with Gasteiger partial charge in [0.2, 0.25) is 5.91 Å². The number of amides is 2. The maximum Gasteiger partial charge on any atom is 0.494 e. The number of likely N-dealkylation sites (tertiary alicyclic amines) is 1. The van der Waals surface area contributed by atoms with Crippen LogP contribution in [0.2, 0.25) is 0 Å². The van der Waals surface area contributed by atoms with E-state index in [4.69, 9.17) is 19.0 Å². The molecule has 0 aliphatic carbocycles. The van der Waals surface area contributed by atoms with Crippen molar-refractivity contribution in [3.63, 3.8) is 0 Å². The van der Waals surface area contributed by atoms with E-state index in [2.05, 4.69) is 10.3 Å². The number of aromatic nitrogens is 2. The minimum Gasteiger partial charge on any atom is -0.453 e. The number of carbonyl (C=O) groups excluding carboxylic acids is 2. The molecule has 2 aliphatic heterocycles. The molecular formula is C25H37BN4O5. The highest BCUT2D eigenvalue weighted by molar-refractivity contribution is 6.62. The summed E-state index contributed by atoms with van der Waals surface area (Å²) >= 11 is 0. The van der Waals surface area contributed by atoms with Crippen molar-refractivity contribution in [1.29, 1.82) is 0 Å². The van der Waals surface area contributed by atoms with Crippen LogP contribution < -0.4 is 10.8 Å². The molecule has 4 rings (SSSR count). The maximum absolute atomic E-state index is 13.5. The Morgan fingerprint density at radius 1 is 1.29 bits per heavy atom. The summed E-state index contributed by atoms with van der Waals surface area (Å²) in [5.74, 6) is 0.615. The van der Waals surface area contributed by atoms with Gasteiger partial charge < -0.3 is 29.2 Å². The molecule has 190 valence electrons. The van der Waals surface area contributed by atoms with E-state index in [0.717, 1.165) is 41.6 Å². The van der Waals surface area contributed by atoms with Crippen molar-refractivity contribution in [2.75, 3.05) is 13.7 Å². The number of hydrogen-bond donors (Lipinski definition) is 2. The van der Waals surface area contributed by atoms with Crippen LogP contribution in [0.15, 0.2) is 18.2 Å². The number of rotatable bonds is 6. The summed E-state index contributed by atoms with van der Waals surface area (Å²) in [7, 11) is 0.847. The van der Waals surface area contributed by atoms with Crippen molar-refractivity contribution in [3.05, 3.63) is 24.0 Å². The van der Waals surface area contributed by atoms with E-state index in [1.165, 1.54) is 7.11 Å². The van der Waals surface area contributed by atoms with Gasteiger partial charge in [0.25, 0.3) is 0 Å². The standard InChI is InChI=1S/C25H37BN4O5/c1-8-15(2)20(29-23(32)33-7)22(31)30-13-9-10-19(30)21-27-17-12-11-16(14-18(17)28-21)26-34-24(3,4)25(5,6)35-26/h11-12,14-15,19-20H,8-10,13H2,1-7H3,(H,27,28)(H,29,32)/t15?,19-,20-/m0/s1. The number of imidazole rings is 1. The Morgan fingerprint density at radius 3 is 2.60 bits per heavy atom. The van der Waals surface area contributed by atoms with Gasteiger partial charge in [0, 0.05) is 6.54 Å². The van der Waals surface area contributed by atoms with Crippen molar-refractivity contribution < 1.29 is 23.6 Å². The van der Waals surface area contributed by atoms with E-state index in [9.17, 15) is 9.59 Å². The van der Waals surface area contributed by atoms with Crippen LogP contribution in [0.1, 0.15) is 72.7 Å². The number of aromatic amines is 1. The molecule has 3 atom stereocenters. The fourth-order valence-electron chi connectivity index (χ4n) is 4.69. The number of nitrogens with one attached hydrogen (secondary N) is 2. The normalized spacial score (nSPS) is 22.9. The van der Waals surface area contributed by atoms with Crippen LogP contribution in [0, 0.1) is 5.92 Å². The number of methoxy groups -OCH3 is 1. The van der Waals surface area contributed by atoms with Crippen molar-refractivity contribution in [1.82, 2.24) is 20.2 Å². The predicted molar refractivity (Wildman–Crippen MR) is 134 cm³/mol. The van der Waals surface area contributed by atoms with Gasteiger partial charge in [-0.05, 0) is 64.1 Å². The highest BCUT2D eigenvalue weighted by atomic mass is 16.7. The molecule has 1 aromatic heterocycles. The predicted octanol–water partition coefficient (Wildman–Crippen LogP) is 3.30. The van der Waals surface area contributed by atoms with E-state index in [1.807, 2.05) is 64.6 Å². The van der Waals surface area contributed by atoms with Gasteiger partial charge in [-0.2, -0.15) is 0 Å². The van der Waals surface area contributed by atoms with Gasteiger partial charge >= 0.3 is 13.2 Å². The number of carbonyl (C=O) groups is 2. The first-order valence-corrected chi connectivity index (χ1v) is 12.5. The molecule has 2 aliphatic rings. The Morgan fingerprint density at radius 2 is 1.97 bits per heavy atom. The van der Waals surface area contributed by atoms with Gasteiger partial charge in [-0.15, -0.1) is 0 Å². The van der Waals surface area contributed by atoms with Gasteiger partial charge in [0.1, 0.15) is 11.9 Å². The maximum atomic E-state index is 13.5. The third kappa shape index (κ3) is 4.78. The van der Waals surface area contributed by atoms with Gasteiger partial charge in [0.15, 0.2) is 0 Å². The highest BCUT2D eigenvalue weighted by Crippen LogP contribution is 2.37. The Hall–Kier alpha value is -2.59. The lowest BCUT2D eigenvalue weighted by molar-refractivity contribution is -0.135. The zero-order valence-electron chi connectivity index (χ0n) is 21.8. The lowest BCUT2D eigenvalue weighted by atomic mass is 9.79. The Balaban J connectivity index is 1.57. The summed E-state index contributed by atoms with van der Waals surface area (Å²) in [6.07, 6.45) is 1.84. The SMILES string of the molecule is CCC(C)[C@H](NC(=O)OC)C(=O)N1CCC[C@H]1c1nc2ccc(B3OC(C)(C)C(C)(C)O3)cc2[nH]1. The molecule has 0 bridgehead atoms. The van der Waals surface area contributed by atoms with Crippen LogP contribution in [0.3, 0.4) is 0 Å². The number of benzene rings is 1. The first kappa shape index (κ1) is 25.5. The third-order valence-electron chi connectivity index (χ3n) is 7.84. The van der Waals surface area contributed by atoms with E-state index >= 15 is 0 Å². The second-order valence-electron chi connectivity index (χ2n) is 10.7. The smallest absolute Gasteiger partial charge is 0.453 e. The van der Waals surface area contributed by atoms with Gasteiger partial charge in [-0.25, -0.2) is 9.78 Å². The molecule has 3 heterocycles. The summed E-state index contributed by atoms with van der Waals surface area (Å²) in [4.78, 5) is 35.5. The molecule has 2 fully saturated rings. The summed E-state index contributed by atoms with van der Waals surface area (Å²) in [5, 5.41) is 2.73. The minimum absolute atomic E-state index is 0.0269.